The molecule has 1 atom stereocenters. The Morgan fingerprint density at radius 1 is 1.16 bits per heavy atom. The van der Waals surface area contributed by atoms with E-state index in [1.165, 1.54) is 12.1 Å². The van der Waals surface area contributed by atoms with Crippen LogP contribution in [0.15, 0.2) is 24.3 Å². The molecule has 5 heteroatoms. The predicted molar refractivity (Wildman–Crippen MR) is 73.0 cm³/mol. The zero-order valence-electron chi connectivity index (χ0n) is 11.7. The summed E-state index contributed by atoms with van der Waals surface area (Å²) in [6, 6.07) is 6.62. The molecule has 0 aliphatic carbocycles. The number of benzene rings is 1. The van der Waals surface area contributed by atoms with Gasteiger partial charge in [0.1, 0.15) is 0 Å². The van der Waals surface area contributed by atoms with Crippen LogP contribution >= 0.6 is 0 Å². The maximum Gasteiger partial charge on any atom is 0.269 e. The smallest absolute Gasteiger partial charge is 0.269 e. The number of non-ortho nitro benzene ring substituents is 1. The van der Waals surface area contributed by atoms with Gasteiger partial charge in [-0.1, -0.05) is 19.1 Å². The van der Waals surface area contributed by atoms with Gasteiger partial charge in [0, 0.05) is 31.3 Å². The van der Waals surface area contributed by atoms with Gasteiger partial charge in [-0.05, 0) is 25.8 Å². The molecule has 0 heterocycles. The highest BCUT2D eigenvalue weighted by molar-refractivity contribution is 5.33. The SMILES string of the molecule is CCOC(OCC)C(C)Cc1ccc([N+](=O)[O-])cc1. The summed E-state index contributed by atoms with van der Waals surface area (Å²) in [6.07, 6.45) is 0.535. The Bertz CT molecular complexity index is 385. The van der Waals surface area contributed by atoms with E-state index in [1.807, 2.05) is 13.8 Å². The van der Waals surface area contributed by atoms with Crippen LogP contribution in [0.1, 0.15) is 26.3 Å². The number of hydrogen-bond acceptors (Lipinski definition) is 4. The summed E-state index contributed by atoms with van der Waals surface area (Å²) in [5.41, 5.74) is 1.16. The van der Waals surface area contributed by atoms with Crippen LogP contribution in [-0.2, 0) is 15.9 Å². The second-order valence-corrected chi connectivity index (χ2v) is 4.38. The number of hydrogen-bond donors (Lipinski definition) is 0. The van der Waals surface area contributed by atoms with E-state index in [0.29, 0.717) is 13.2 Å². The summed E-state index contributed by atoms with van der Waals surface area (Å²) in [6.45, 7) is 7.14. The van der Waals surface area contributed by atoms with Gasteiger partial charge in [0.2, 0.25) is 0 Å². The number of ether oxygens (including phenoxy) is 2. The van der Waals surface area contributed by atoms with E-state index in [4.69, 9.17) is 9.47 Å². The van der Waals surface area contributed by atoms with Crippen molar-refractivity contribution < 1.29 is 14.4 Å². The van der Waals surface area contributed by atoms with Crippen molar-refractivity contribution in [3.05, 3.63) is 39.9 Å². The highest BCUT2D eigenvalue weighted by Gasteiger charge is 2.18. The Morgan fingerprint density at radius 2 is 1.68 bits per heavy atom. The maximum absolute atomic E-state index is 10.6. The lowest BCUT2D eigenvalue weighted by Gasteiger charge is -2.23. The summed E-state index contributed by atoms with van der Waals surface area (Å²) in [5.74, 6) is 0.196. The van der Waals surface area contributed by atoms with E-state index in [-0.39, 0.29) is 17.9 Å². The van der Waals surface area contributed by atoms with Crippen molar-refractivity contribution in [3.8, 4) is 0 Å². The standard InChI is InChI=1S/C14H21NO4/c1-4-18-14(19-5-2)11(3)10-12-6-8-13(9-7-12)15(16)17/h6-9,11,14H,4-5,10H2,1-3H3. The first kappa shape index (κ1) is 15.6. The van der Waals surface area contributed by atoms with Gasteiger partial charge in [-0.15, -0.1) is 0 Å². The van der Waals surface area contributed by atoms with Gasteiger partial charge in [0.25, 0.3) is 5.69 Å². The summed E-state index contributed by atoms with van der Waals surface area (Å²) < 4.78 is 11.1. The molecule has 0 fully saturated rings. The number of nitro benzene ring substituents is 1. The molecule has 19 heavy (non-hydrogen) atoms. The Labute approximate surface area is 113 Å². The van der Waals surface area contributed by atoms with Crippen LogP contribution in [0.2, 0.25) is 0 Å². The van der Waals surface area contributed by atoms with Crippen LogP contribution in [0.5, 0.6) is 0 Å². The lowest BCUT2D eigenvalue weighted by Crippen LogP contribution is -2.27. The first-order valence-corrected chi connectivity index (χ1v) is 6.55. The quantitative estimate of drug-likeness (QED) is 0.412. The van der Waals surface area contributed by atoms with E-state index in [2.05, 4.69) is 6.92 Å². The Balaban J connectivity index is 2.63. The molecule has 1 rings (SSSR count). The van der Waals surface area contributed by atoms with Crippen LogP contribution in [0.3, 0.4) is 0 Å². The largest absolute Gasteiger partial charge is 0.353 e. The minimum atomic E-state index is -0.392. The molecular weight excluding hydrogens is 246 g/mol. The van der Waals surface area contributed by atoms with Crippen molar-refractivity contribution in [2.24, 2.45) is 5.92 Å². The zero-order valence-corrected chi connectivity index (χ0v) is 11.7. The number of rotatable bonds is 8. The van der Waals surface area contributed by atoms with Gasteiger partial charge in [-0.25, -0.2) is 0 Å². The van der Waals surface area contributed by atoms with E-state index in [0.717, 1.165) is 12.0 Å². The van der Waals surface area contributed by atoms with Crippen LogP contribution in [0.25, 0.3) is 0 Å². The van der Waals surface area contributed by atoms with Crippen LogP contribution < -0.4 is 0 Å². The minimum absolute atomic E-state index is 0.113. The molecule has 106 valence electrons. The highest BCUT2D eigenvalue weighted by atomic mass is 16.7. The van der Waals surface area contributed by atoms with Gasteiger partial charge in [0.15, 0.2) is 6.29 Å². The Hall–Kier alpha value is -1.46. The van der Waals surface area contributed by atoms with Gasteiger partial charge >= 0.3 is 0 Å². The van der Waals surface area contributed by atoms with Crippen molar-refractivity contribution in [3.63, 3.8) is 0 Å². The second kappa shape index (κ2) is 7.86. The highest BCUT2D eigenvalue weighted by Crippen LogP contribution is 2.18. The van der Waals surface area contributed by atoms with Gasteiger partial charge in [0.05, 0.1) is 4.92 Å². The van der Waals surface area contributed by atoms with Crippen LogP contribution in [0.4, 0.5) is 5.69 Å². The van der Waals surface area contributed by atoms with Crippen LogP contribution in [0, 0.1) is 16.0 Å². The van der Waals surface area contributed by atoms with Crippen molar-refractivity contribution in [2.75, 3.05) is 13.2 Å². The Kier molecular flexibility index (Phi) is 6.45. The molecule has 0 N–H and O–H groups in total. The summed E-state index contributed by atoms with van der Waals surface area (Å²) >= 11 is 0. The molecule has 0 aromatic heterocycles. The minimum Gasteiger partial charge on any atom is -0.353 e. The summed E-state index contributed by atoms with van der Waals surface area (Å²) in [5, 5.41) is 10.6. The third kappa shape index (κ3) is 4.96. The molecular formula is C14H21NO4. The van der Waals surface area contributed by atoms with Gasteiger partial charge < -0.3 is 9.47 Å². The van der Waals surface area contributed by atoms with E-state index < -0.39 is 4.92 Å². The average Bonchev–Trinajstić information content (AvgIpc) is 2.39. The fourth-order valence-corrected chi connectivity index (χ4v) is 1.93. The number of nitrogens with zero attached hydrogens (tertiary/aromatic N) is 1. The van der Waals surface area contributed by atoms with Crippen molar-refractivity contribution >= 4 is 5.69 Å². The molecule has 5 nitrogen and oxygen atoms in total. The number of nitro groups is 1. The third-order valence-electron chi connectivity index (χ3n) is 2.83. The first-order valence-electron chi connectivity index (χ1n) is 6.55. The van der Waals surface area contributed by atoms with Gasteiger partial charge in [-0.3, -0.25) is 10.1 Å². The zero-order chi connectivity index (χ0) is 14.3. The molecule has 0 saturated heterocycles. The van der Waals surface area contributed by atoms with E-state index in [9.17, 15) is 10.1 Å². The first-order chi connectivity index (χ1) is 9.08. The topological polar surface area (TPSA) is 61.6 Å². The van der Waals surface area contributed by atoms with Crippen molar-refractivity contribution in [1.82, 2.24) is 0 Å². The molecule has 1 unspecified atom stereocenters. The molecule has 1 aromatic carbocycles. The molecule has 0 aliphatic heterocycles. The molecule has 0 spiro atoms. The summed E-state index contributed by atoms with van der Waals surface area (Å²) in [4.78, 5) is 10.2. The van der Waals surface area contributed by atoms with Crippen LogP contribution in [-0.4, -0.2) is 24.4 Å². The van der Waals surface area contributed by atoms with Crippen molar-refractivity contribution in [1.29, 1.82) is 0 Å². The van der Waals surface area contributed by atoms with E-state index in [1.54, 1.807) is 12.1 Å². The van der Waals surface area contributed by atoms with Gasteiger partial charge in [-0.2, -0.15) is 0 Å². The van der Waals surface area contributed by atoms with Crippen molar-refractivity contribution in [2.45, 2.75) is 33.5 Å². The molecule has 0 radical (unpaired) electrons. The molecule has 0 bridgehead atoms. The third-order valence-corrected chi connectivity index (χ3v) is 2.83. The normalized spacial score (nSPS) is 12.6. The summed E-state index contributed by atoms with van der Waals surface area (Å²) in [7, 11) is 0. The Morgan fingerprint density at radius 3 is 2.11 bits per heavy atom. The predicted octanol–water partition coefficient (Wildman–Crippen LogP) is 3.17. The fraction of sp³-hybridized carbons (Fsp3) is 0.571. The lowest BCUT2D eigenvalue weighted by molar-refractivity contribution is -0.384. The lowest BCUT2D eigenvalue weighted by atomic mass is 10.0. The monoisotopic (exact) mass is 267 g/mol. The molecule has 0 saturated carbocycles. The maximum atomic E-state index is 10.6. The fourth-order valence-electron chi connectivity index (χ4n) is 1.93. The molecule has 1 aromatic rings. The molecule has 0 amide bonds. The molecule has 0 aliphatic rings. The second-order valence-electron chi connectivity index (χ2n) is 4.38. The average molecular weight is 267 g/mol. The van der Waals surface area contributed by atoms with E-state index >= 15 is 0 Å².